The van der Waals surface area contributed by atoms with E-state index in [1.54, 1.807) is 11.1 Å². The number of rotatable bonds is 3. The van der Waals surface area contributed by atoms with E-state index in [0.717, 1.165) is 31.4 Å². The second-order valence-corrected chi connectivity index (χ2v) is 5.73. The van der Waals surface area contributed by atoms with Gasteiger partial charge in [-0.1, -0.05) is 53.4 Å². The molecule has 3 nitrogen and oxygen atoms in total. The molecule has 0 spiro atoms. The van der Waals surface area contributed by atoms with Crippen LogP contribution in [0.2, 0.25) is 0 Å². The number of nitrogens with zero attached hydrogens (tertiary/aromatic N) is 1. The van der Waals surface area contributed by atoms with Crippen LogP contribution in [0.25, 0.3) is 0 Å². The van der Waals surface area contributed by atoms with Crippen molar-refractivity contribution in [1.29, 1.82) is 0 Å². The maximum Gasteiger partial charge on any atom is 0.251 e. The molecule has 4 heteroatoms. The largest absolute Gasteiger partial charge is 0.326 e. The molecule has 1 aromatic rings. The second-order valence-electron chi connectivity index (χ2n) is 5.21. The van der Waals surface area contributed by atoms with Crippen LogP contribution < -0.4 is 10.6 Å². The minimum absolute atomic E-state index is 0.0181. The number of carbonyl (C=O) groups excluding carboxylic acids is 1. The zero-order valence-corrected chi connectivity index (χ0v) is 13.1. The first-order valence-electron chi connectivity index (χ1n) is 7.14. The maximum atomic E-state index is 12.5. The van der Waals surface area contributed by atoms with Crippen molar-refractivity contribution >= 4 is 27.5 Å². The SMILES string of the molecule is NC1CCCCCC1N(C(=O)C=CBr)c1ccccc1. The Kier molecular flexibility index (Phi) is 5.80. The van der Waals surface area contributed by atoms with Gasteiger partial charge < -0.3 is 10.6 Å². The van der Waals surface area contributed by atoms with Gasteiger partial charge in [0, 0.05) is 17.8 Å². The molecular formula is C16H21BrN2O. The molecule has 0 saturated heterocycles. The molecule has 1 saturated carbocycles. The summed E-state index contributed by atoms with van der Waals surface area (Å²) in [5.41, 5.74) is 7.24. The van der Waals surface area contributed by atoms with Gasteiger partial charge in [0.2, 0.25) is 0 Å². The monoisotopic (exact) mass is 336 g/mol. The summed E-state index contributed by atoms with van der Waals surface area (Å²) >= 11 is 3.19. The van der Waals surface area contributed by atoms with Gasteiger partial charge in [-0.2, -0.15) is 0 Å². The Morgan fingerprint density at radius 1 is 1.20 bits per heavy atom. The lowest BCUT2D eigenvalue weighted by Crippen LogP contribution is -2.49. The van der Waals surface area contributed by atoms with Crippen molar-refractivity contribution in [3.8, 4) is 0 Å². The second kappa shape index (κ2) is 7.60. The average Bonchev–Trinajstić information content (AvgIpc) is 2.66. The summed E-state index contributed by atoms with van der Waals surface area (Å²) in [5.74, 6) is -0.0181. The first kappa shape index (κ1) is 15.3. The molecule has 0 aliphatic heterocycles. The summed E-state index contributed by atoms with van der Waals surface area (Å²) in [6.07, 6.45) is 6.99. The highest BCUT2D eigenvalue weighted by Crippen LogP contribution is 2.26. The first-order valence-corrected chi connectivity index (χ1v) is 8.06. The summed E-state index contributed by atoms with van der Waals surface area (Å²) in [4.78, 5) is 15.9. The van der Waals surface area contributed by atoms with Crippen LogP contribution in [0.3, 0.4) is 0 Å². The van der Waals surface area contributed by atoms with Crippen molar-refractivity contribution in [2.24, 2.45) is 5.73 Å². The molecular weight excluding hydrogens is 316 g/mol. The van der Waals surface area contributed by atoms with Crippen molar-refractivity contribution in [2.45, 2.75) is 44.2 Å². The van der Waals surface area contributed by atoms with Crippen LogP contribution in [0.15, 0.2) is 41.4 Å². The Hall–Kier alpha value is -1.13. The molecule has 0 heterocycles. The predicted molar refractivity (Wildman–Crippen MR) is 86.8 cm³/mol. The molecule has 108 valence electrons. The molecule has 1 aromatic carbocycles. The topological polar surface area (TPSA) is 46.3 Å². The Morgan fingerprint density at radius 2 is 1.90 bits per heavy atom. The summed E-state index contributed by atoms with van der Waals surface area (Å²) in [6, 6.07) is 9.93. The lowest BCUT2D eigenvalue weighted by atomic mass is 10.0. The molecule has 2 unspecified atom stereocenters. The van der Waals surface area contributed by atoms with Crippen molar-refractivity contribution in [2.75, 3.05) is 4.90 Å². The highest BCUT2D eigenvalue weighted by Gasteiger charge is 2.29. The van der Waals surface area contributed by atoms with Crippen molar-refractivity contribution in [3.63, 3.8) is 0 Å². The van der Waals surface area contributed by atoms with E-state index in [-0.39, 0.29) is 18.0 Å². The third-order valence-electron chi connectivity index (χ3n) is 3.84. The Balaban J connectivity index is 2.32. The summed E-state index contributed by atoms with van der Waals surface area (Å²) in [6.45, 7) is 0. The Labute approximate surface area is 129 Å². The van der Waals surface area contributed by atoms with Crippen molar-refractivity contribution < 1.29 is 4.79 Å². The van der Waals surface area contributed by atoms with E-state index in [1.807, 2.05) is 35.2 Å². The molecule has 2 rings (SSSR count). The zero-order chi connectivity index (χ0) is 14.4. The molecule has 0 aromatic heterocycles. The predicted octanol–water partition coefficient (Wildman–Crippen LogP) is 3.59. The molecule has 0 bridgehead atoms. The minimum atomic E-state index is -0.0181. The number of hydrogen-bond donors (Lipinski definition) is 1. The molecule has 1 aliphatic carbocycles. The van der Waals surface area contributed by atoms with Crippen LogP contribution in [0, 0.1) is 0 Å². The molecule has 20 heavy (non-hydrogen) atoms. The number of benzene rings is 1. The van der Waals surface area contributed by atoms with Crippen LogP contribution in [0.5, 0.6) is 0 Å². The van der Waals surface area contributed by atoms with E-state index in [2.05, 4.69) is 15.9 Å². The van der Waals surface area contributed by atoms with E-state index >= 15 is 0 Å². The molecule has 0 radical (unpaired) electrons. The summed E-state index contributed by atoms with van der Waals surface area (Å²) in [7, 11) is 0. The Morgan fingerprint density at radius 3 is 2.60 bits per heavy atom. The highest BCUT2D eigenvalue weighted by atomic mass is 79.9. The van der Waals surface area contributed by atoms with Crippen LogP contribution >= 0.6 is 15.9 Å². The fourth-order valence-corrected chi connectivity index (χ4v) is 3.07. The van der Waals surface area contributed by atoms with Gasteiger partial charge in [0.05, 0.1) is 6.04 Å². The maximum absolute atomic E-state index is 12.5. The van der Waals surface area contributed by atoms with E-state index in [1.165, 1.54) is 6.42 Å². The van der Waals surface area contributed by atoms with Crippen molar-refractivity contribution in [1.82, 2.24) is 0 Å². The van der Waals surface area contributed by atoms with Gasteiger partial charge in [0.15, 0.2) is 0 Å². The highest BCUT2D eigenvalue weighted by molar-refractivity contribution is 9.11. The first-order chi connectivity index (χ1) is 9.74. The smallest absolute Gasteiger partial charge is 0.251 e. The molecule has 1 amide bonds. The van der Waals surface area contributed by atoms with E-state index in [9.17, 15) is 4.79 Å². The number of halogens is 1. The van der Waals surface area contributed by atoms with Gasteiger partial charge in [-0.3, -0.25) is 4.79 Å². The standard InChI is InChI=1S/C16H21BrN2O/c17-12-11-16(20)19(13-7-3-1-4-8-13)15-10-6-2-5-9-14(15)18/h1,3-4,7-8,11-12,14-15H,2,5-6,9-10,18H2. The van der Waals surface area contributed by atoms with E-state index in [4.69, 9.17) is 5.73 Å². The zero-order valence-electron chi connectivity index (χ0n) is 11.5. The molecule has 2 N–H and O–H groups in total. The van der Waals surface area contributed by atoms with Gasteiger partial charge >= 0.3 is 0 Å². The number of carbonyl (C=O) groups is 1. The summed E-state index contributed by atoms with van der Waals surface area (Å²) in [5, 5.41) is 0. The van der Waals surface area contributed by atoms with Gasteiger partial charge in [-0.15, -0.1) is 0 Å². The van der Waals surface area contributed by atoms with E-state index in [0.29, 0.717) is 0 Å². The van der Waals surface area contributed by atoms with Crippen LogP contribution in [-0.4, -0.2) is 18.0 Å². The van der Waals surface area contributed by atoms with Gasteiger partial charge in [-0.25, -0.2) is 0 Å². The number of amides is 1. The Bertz CT molecular complexity index is 461. The number of para-hydroxylation sites is 1. The van der Waals surface area contributed by atoms with Crippen molar-refractivity contribution in [3.05, 3.63) is 41.4 Å². The van der Waals surface area contributed by atoms with E-state index < -0.39 is 0 Å². The third-order valence-corrected chi connectivity index (χ3v) is 4.10. The number of anilines is 1. The number of hydrogen-bond acceptors (Lipinski definition) is 2. The fraction of sp³-hybridized carbons (Fsp3) is 0.438. The minimum Gasteiger partial charge on any atom is -0.326 e. The normalized spacial score (nSPS) is 23.5. The fourth-order valence-electron chi connectivity index (χ4n) is 2.84. The quantitative estimate of drug-likeness (QED) is 0.677. The van der Waals surface area contributed by atoms with Gasteiger partial charge in [0.1, 0.15) is 0 Å². The molecule has 2 atom stereocenters. The number of nitrogens with two attached hydrogens (primary N) is 1. The van der Waals surface area contributed by atoms with Crippen LogP contribution in [-0.2, 0) is 4.79 Å². The average molecular weight is 337 g/mol. The molecule has 1 aliphatic rings. The third kappa shape index (κ3) is 3.70. The van der Waals surface area contributed by atoms with Crippen LogP contribution in [0.4, 0.5) is 5.69 Å². The lowest BCUT2D eigenvalue weighted by molar-refractivity contribution is -0.114. The summed E-state index contributed by atoms with van der Waals surface area (Å²) < 4.78 is 0. The van der Waals surface area contributed by atoms with Crippen LogP contribution in [0.1, 0.15) is 32.1 Å². The molecule has 1 fully saturated rings. The van der Waals surface area contributed by atoms with Gasteiger partial charge in [0.25, 0.3) is 5.91 Å². The van der Waals surface area contributed by atoms with Gasteiger partial charge in [-0.05, 0) is 30.0 Å². The lowest BCUT2D eigenvalue weighted by Gasteiger charge is -2.34.